The lowest BCUT2D eigenvalue weighted by Gasteiger charge is -2.20. The third-order valence-corrected chi connectivity index (χ3v) is 2.82. The number of benzene rings is 1. The fourth-order valence-corrected chi connectivity index (χ4v) is 1.63. The molecular weight excluding hydrogens is 240 g/mol. The largest absolute Gasteiger partial charge is 0.471 e. The molecule has 0 amide bonds. The number of hydrogen-bond acceptors (Lipinski definition) is 3. The predicted octanol–water partition coefficient (Wildman–Crippen LogP) is 2.72. The highest BCUT2D eigenvalue weighted by atomic mass is 16.7. The van der Waals surface area contributed by atoms with Gasteiger partial charge in [0.2, 0.25) is 0 Å². The van der Waals surface area contributed by atoms with Gasteiger partial charge >= 0.3 is 0 Å². The Balaban J connectivity index is 1.80. The average Bonchev–Trinajstić information content (AvgIpc) is 2.43. The normalized spacial score (nSPS) is 13.5. The molecule has 3 heteroatoms. The first kappa shape index (κ1) is 13.7. The van der Waals surface area contributed by atoms with Gasteiger partial charge in [0.25, 0.3) is 0 Å². The molecule has 1 aliphatic carbocycles. The molecule has 1 aliphatic rings. The zero-order valence-corrected chi connectivity index (χ0v) is 11.1. The molecule has 0 heterocycles. The Kier molecular flexibility index (Phi) is 5.49. The highest BCUT2D eigenvalue weighted by Gasteiger charge is 2.16. The van der Waals surface area contributed by atoms with E-state index in [4.69, 9.17) is 14.2 Å². The predicted molar refractivity (Wildman–Crippen MR) is 73.4 cm³/mol. The maximum atomic E-state index is 5.52. The van der Waals surface area contributed by atoms with E-state index in [1.54, 1.807) is 7.11 Å². The fraction of sp³-hybridized carbons (Fsp3) is 0.375. The number of hydrogen-bond donors (Lipinski definition) is 0. The van der Waals surface area contributed by atoms with E-state index in [1.807, 2.05) is 30.3 Å². The van der Waals surface area contributed by atoms with Crippen molar-refractivity contribution in [2.45, 2.75) is 12.8 Å². The summed E-state index contributed by atoms with van der Waals surface area (Å²) in [6.45, 7) is 1.41. The molecule has 0 radical (unpaired) electrons. The van der Waals surface area contributed by atoms with Gasteiger partial charge in [0.1, 0.15) is 5.76 Å². The Morgan fingerprint density at radius 2 is 1.89 bits per heavy atom. The molecule has 100 valence electrons. The van der Waals surface area contributed by atoms with E-state index < -0.39 is 0 Å². The molecule has 0 fully saturated rings. The minimum atomic E-state index is 0.273. The lowest BCUT2D eigenvalue weighted by molar-refractivity contribution is -0.0450. The maximum Gasteiger partial charge on any atom is 0.188 e. The van der Waals surface area contributed by atoms with Gasteiger partial charge in [-0.3, -0.25) is 0 Å². The van der Waals surface area contributed by atoms with E-state index in [-0.39, 0.29) is 6.79 Å². The van der Waals surface area contributed by atoms with Gasteiger partial charge in [0.15, 0.2) is 6.79 Å². The standard InChI is InChI=1S/C16H18O3/c1-17-11-12-18-13-19-16-10-9-15(16)8-7-14-5-3-2-4-6-14/h2-6H,9-13H2,1H3. The summed E-state index contributed by atoms with van der Waals surface area (Å²) in [6.07, 6.45) is 1.94. The summed E-state index contributed by atoms with van der Waals surface area (Å²) in [6, 6.07) is 9.96. The Morgan fingerprint density at radius 1 is 1.05 bits per heavy atom. The van der Waals surface area contributed by atoms with Gasteiger partial charge in [0.05, 0.1) is 13.2 Å². The van der Waals surface area contributed by atoms with Crippen molar-refractivity contribution in [1.29, 1.82) is 0 Å². The van der Waals surface area contributed by atoms with E-state index in [9.17, 15) is 0 Å². The third kappa shape index (κ3) is 4.44. The van der Waals surface area contributed by atoms with E-state index in [2.05, 4.69) is 11.8 Å². The second-order valence-electron chi connectivity index (χ2n) is 4.18. The molecule has 0 saturated carbocycles. The first-order valence-corrected chi connectivity index (χ1v) is 6.38. The van der Waals surface area contributed by atoms with Crippen LogP contribution in [0.1, 0.15) is 18.4 Å². The van der Waals surface area contributed by atoms with E-state index in [1.165, 1.54) is 0 Å². The lowest BCUT2D eigenvalue weighted by Crippen LogP contribution is -2.11. The van der Waals surface area contributed by atoms with Crippen molar-refractivity contribution < 1.29 is 14.2 Å². The first-order chi connectivity index (χ1) is 9.40. The van der Waals surface area contributed by atoms with E-state index in [0.29, 0.717) is 13.2 Å². The summed E-state index contributed by atoms with van der Waals surface area (Å²) in [5.74, 6) is 7.26. The number of rotatable bonds is 6. The van der Waals surface area contributed by atoms with Crippen LogP contribution in [0.25, 0.3) is 0 Å². The van der Waals surface area contributed by atoms with Crippen molar-refractivity contribution in [2.75, 3.05) is 27.1 Å². The van der Waals surface area contributed by atoms with Crippen LogP contribution in [0.15, 0.2) is 41.7 Å². The molecule has 19 heavy (non-hydrogen) atoms. The number of ether oxygens (including phenoxy) is 3. The second-order valence-corrected chi connectivity index (χ2v) is 4.18. The molecule has 1 aromatic carbocycles. The minimum Gasteiger partial charge on any atom is -0.471 e. The highest BCUT2D eigenvalue weighted by molar-refractivity contribution is 5.44. The Hall–Kier alpha value is -1.76. The van der Waals surface area contributed by atoms with Crippen LogP contribution in [0.4, 0.5) is 0 Å². The van der Waals surface area contributed by atoms with Crippen LogP contribution in [0.5, 0.6) is 0 Å². The molecule has 0 unspecified atom stereocenters. The van der Waals surface area contributed by atoms with Crippen LogP contribution in [0.2, 0.25) is 0 Å². The van der Waals surface area contributed by atoms with Crippen LogP contribution < -0.4 is 0 Å². The minimum absolute atomic E-state index is 0.273. The number of methoxy groups -OCH3 is 1. The van der Waals surface area contributed by atoms with Crippen molar-refractivity contribution >= 4 is 0 Å². The van der Waals surface area contributed by atoms with Crippen molar-refractivity contribution in [1.82, 2.24) is 0 Å². The molecule has 0 bridgehead atoms. The summed E-state index contributed by atoms with van der Waals surface area (Å²) in [5, 5.41) is 0. The topological polar surface area (TPSA) is 27.7 Å². The average molecular weight is 258 g/mol. The molecule has 0 aliphatic heterocycles. The molecule has 0 aromatic heterocycles. The Bertz CT molecular complexity index is 480. The van der Waals surface area contributed by atoms with Crippen LogP contribution in [-0.2, 0) is 14.2 Å². The van der Waals surface area contributed by atoms with Gasteiger partial charge in [-0.2, -0.15) is 0 Å². The molecule has 0 N–H and O–H groups in total. The molecule has 0 saturated heterocycles. The molecule has 3 nitrogen and oxygen atoms in total. The third-order valence-electron chi connectivity index (χ3n) is 2.82. The summed E-state index contributed by atoms with van der Waals surface area (Å²) in [4.78, 5) is 0. The van der Waals surface area contributed by atoms with Gasteiger partial charge < -0.3 is 14.2 Å². The molecule has 2 rings (SSSR count). The van der Waals surface area contributed by atoms with Crippen LogP contribution in [0.3, 0.4) is 0 Å². The second kappa shape index (κ2) is 7.63. The Morgan fingerprint density at radius 3 is 2.58 bits per heavy atom. The Labute approximate surface area is 114 Å². The van der Waals surface area contributed by atoms with Gasteiger partial charge in [-0.15, -0.1) is 0 Å². The molecular formula is C16H18O3. The van der Waals surface area contributed by atoms with Crippen molar-refractivity contribution in [3.05, 3.63) is 47.2 Å². The van der Waals surface area contributed by atoms with Crippen LogP contribution >= 0.6 is 0 Å². The molecule has 1 aromatic rings. The fourth-order valence-electron chi connectivity index (χ4n) is 1.63. The smallest absolute Gasteiger partial charge is 0.188 e. The van der Waals surface area contributed by atoms with Crippen LogP contribution in [-0.4, -0.2) is 27.1 Å². The zero-order chi connectivity index (χ0) is 13.3. The van der Waals surface area contributed by atoms with E-state index in [0.717, 1.165) is 29.7 Å². The first-order valence-electron chi connectivity index (χ1n) is 6.38. The monoisotopic (exact) mass is 258 g/mol. The van der Waals surface area contributed by atoms with Gasteiger partial charge in [-0.1, -0.05) is 30.0 Å². The van der Waals surface area contributed by atoms with Gasteiger partial charge in [-0.05, 0) is 18.6 Å². The van der Waals surface area contributed by atoms with Gasteiger partial charge in [0, 0.05) is 24.7 Å². The molecule has 0 spiro atoms. The summed E-state index contributed by atoms with van der Waals surface area (Å²) in [7, 11) is 1.65. The van der Waals surface area contributed by atoms with Crippen LogP contribution in [0, 0.1) is 11.8 Å². The number of allylic oxidation sites excluding steroid dienone is 2. The molecule has 0 atom stereocenters. The zero-order valence-electron chi connectivity index (χ0n) is 11.1. The van der Waals surface area contributed by atoms with Crippen molar-refractivity contribution in [3.8, 4) is 11.8 Å². The SMILES string of the molecule is COCCOCOC1=C(C#Cc2ccccc2)CC1. The quantitative estimate of drug-likeness (QED) is 0.446. The summed E-state index contributed by atoms with van der Waals surface area (Å²) < 4.78 is 15.7. The van der Waals surface area contributed by atoms with Gasteiger partial charge in [-0.25, -0.2) is 0 Å². The van der Waals surface area contributed by atoms with Crippen molar-refractivity contribution in [2.24, 2.45) is 0 Å². The maximum absolute atomic E-state index is 5.52. The summed E-state index contributed by atoms with van der Waals surface area (Å²) >= 11 is 0. The van der Waals surface area contributed by atoms with E-state index >= 15 is 0 Å². The summed E-state index contributed by atoms with van der Waals surface area (Å²) in [5.41, 5.74) is 2.11. The lowest BCUT2D eigenvalue weighted by atomic mass is 9.96. The highest BCUT2D eigenvalue weighted by Crippen LogP contribution is 2.28. The van der Waals surface area contributed by atoms with Crippen molar-refractivity contribution in [3.63, 3.8) is 0 Å².